The van der Waals surface area contributed by atoms with Crippen molar-refractivity contribution in [2.24, 2.45) is 0 Å². The smallest absolute Gasteiger partial charge is 0.0193 e. The first-order valence-corrected chi connectivity index (χ1v) is 4.37. The lowest BCUT2D eigenvalue weighted by molar-refractivity contribution is 0.391. The fourth-order valence-corrected chi connectivity index (χ4v) is 1.37. The van der Waals surface area contributed by atoms with E-state index in [2.05, 4.69) is 17.6 Å². The first-order valence-electron chi connectivity index (χ1n) is 4.37. The predicted octanol–water partition coefficient (Wildman–Crippen LogP) is 1.37. The van der Waals surface area contributed by atoms with Crippen LogP contribution in [0, 0.1) is 0 Å². The van der Waals surface area contributed by atoms with Gasteiger partial charge in [-0.3, -0.25) is 0 Å². The summed E-state index contributed by atoms with van der Waals surface area (Å²) in [6, 6.07) is 0.744. The summed E-state index contributed by atoms with van der Waals surface area (Å²) in [5.74, 6) is 0. The molecule has 0 unspecified atom stereocenters. The zero-order chi connectivity index (χ0) is 7.23. The highest BCUT2D eigenvalue weighted by Gasteiger charge is 2.09. The highest BCUT2D eigenvalue weighted by Crippen LogP contribution is 2.00. The molecule has 0 aromatic carbocycles. The molecule has 0 aromatic heterocycles. The second-order valence-electron chi connectivity index (χ2n) is 3.00. The fraction of sp³-hybridized carbons (Fsp3) is 1.00. The average molecular weight is 158 g/mol. The van der Waals surface area contributed by atoms with Crippen molar-refractivity contribution in [2.45, 2.75) is 39.7 Å². The van der Waals surface area contributed by atoms with Crippen molar-refractivity contribution < 1.29 is 0 Å². The van der Waals surface area contributed by atoms with Gasteiger partial charge in [-0.15, -0.1) is 0 Å². The van der Waals surface area contributed by atoms with Crippen molar-refractivity contribution in [1.29, 1.82) is 0 Å². The Hall–Kier alpha value is -0.0800. The Morgan fingerprint density at radius 2 is 2.18 bits per heavy atom. The molecule has 1 rings (SSSR count). The van der Waals surface area contributed by atoms with Crippen LogP contribution in [0.1, 0.15) is 33.6 Å². The summed E-state index contributed by atoms with van der Waals surface area (Å²) in [6.07, 6.45) is 4.01. The molecule has 1 aliphatic rings. The minimum Gasteiger partial charge on any atom is -0.314 e. The van der Waals surface area contributed by atoms with E-state index in [1.54, 1.807) is 0 Å². The average Bonchev–Trinajstić information content (AvgIpc) is 2.03. The van der Waals surface area contributed by atoms with Gasteiger partial charge in [0.15, 0.2) is 0 Å². The van der Waals surface area contributed by atoms with Gasteiger partial charge in [0.1, 0.15) is 0 Å². The second kappa shape index (κ2) is 6.62. The van der Waals surface area contributed by atoms with Crippen LogP contribution >= 0.6 is 0 Å². The predicted molar refractivity (Wildman–Crippen MR) is 50.9 cm³/mol. The third kappa shape index (κ3) is 4.38. The maximum atomic E-state index is 3.49. The van der Waals surface area contributed by atoms with E-state index in [9.17, 15) is 0 Å². The van der Waals surface area contributed by atoms with Gasteiger partial charge in [-0.2, -0.15) is 0 Å². The number of hydrogen-bond donors (Lipinski definition) is 2. The van der Waals surface area contributed by atoms with E-state index in [1.165, 1.54) is 25.8 Å². The van der Waals surface area contributed by atoms with E-state index in [1.807, 2.05) is 0 Å². The second-order valence-corrected chi connectivity index (χ2v) is 3.00. The van der Waals surface area contributed by atoms with Gasteiger partial charge in [0.05, 0.1) is 0 Å². The molecule has 0 radical (unpaired) electrons. The molecule has 0 amide bonds. The molecule has 1 aliphatic heterocycles. The van der Waals surface area contributed by atoms with Crippen LogP contribution in [-0.2, 0) is 0 Å². The van der Waals surface area contributed by atoms with Gasteiger partial charge in [-0.25, -0.2) is 0 Å². The maximum Gasteiger partial charge on any atom is 0.0193 e. The van der Waals surface area contributed by atoms with E-state index in [0.29, 0.717) is 0 Å². The largest absolute Gasteiger partial charge is 0.314 e. The number of unbranched alkanes of at least 4 members (excludes halogenated alkanes) is 1. The SMILES string of the molecule is C.CCCC[C@H]1CNCCN1. The van der Waals surface area contributed by atoms with Crippen LogP contribution in [-0.4, -0.2) is 25.7 Å². The van der Waals surface area contributed by atoms with Gasteiger partial charge in [-0.05, 0) is 6.42 Å². The van der Waals surface area contributed by atoms with Gasteiger partial charge in [0, 0.05) is 25.7 Å². The summed E-state index contributed by atoms with van der Waals surface area (Å²) < 4.78 is 0. The Kier molecular flexibility index (Phi) is 6.57. The summed E-state index contributed by atoms with van der Waals surface area (Å²) in [6.45, 7) is 5.70. The molecule has 1 fully saturated rings. The molecule has 2 heteroatoms. The first-order chi connectivity index (χ1) is 4.93. The summed E-state index contributed by atoms with van der Waals surface area (Å²) in [5, 5.41) is 6.87. The normalized spacial score (nSPS) is 24.3. The van der Waals surface area contributed by atoms with Crippen molar-refractivity contribution in [3.8, 4) is 0 Å². The van der Waals surface area contributed by atoms with Crippen molar-refractivity contribution in [3.63, 3.8) is 0 Å². The van der Waals surface area contributed by atoms with Crippen LogP contribution in [0.4, 0.5) is 0 Å². The summed E-state index contributed by atoms with van der Waals surface area (Å²) in [4.78, 5) is 0. The topological polar surface area (TPSA) is 24.1 Å². The molecule has 0 spiro atoms. The molecular formula is C9H22N2. The standard InChI is InChI=1S/C8H18N2.CH4/c1-2-3-4-8-7-9-5-6-10-8;/h8-10H,2-7H2,1H3;1H4/t8-;/m0./s1. The summed E-state index contributed by atoms with van der Waals surface area (Å²) >= 11 is 0. The molecule has 1 heterocycles. The zero-order valence-corrected chi connectivity index (χ0v) is 6.82. The molecule has 2 nitrogen and oxygen atoms in total. The Labute approximate surface area is 70.8 Å². The van der Waals surface area contributed by atoms with Crippen LogP contribution in [0.2, 0.25) is 0 Å². The van der Waals surface area contributed by atoms with Crippen molar-refractivity contribution in [2.75, 3.05) is 19.6 Å². The lowest BCUT2D eigenvalue weighted by atomic mass is 10.1. The van der Waals surface area contributed by atoms with Gasteiger partial charge in [0.2, 0.25) is 0 Å². The molecule has 1 saturated heterocycles. The van der Waals surface area contributed by atoms with Crippen molar-refractivity contribution in [1.82, 2.24) is 10.6 Å². The molecule has 1 atom stereocenters. The highest BCUT2D eigenvalue weighted by molar-refractivity contribution is 4.74. The summed E-state index contributed by atoms with van der Waals surface area (Å²) in [7, 11) is 0. The van der Waals surface area contributed by atoms with Crippen LogP contribution in [0.5, 0.6) is 0 Å². The zero-order valence-electron chi connectivity index (χ0n) is 6.82. The maximum absolute atomic E-state index is 3.49. The van der Waals surface area contributed by atoms with Crippen LogP contribution in [0.3, 0.4) is 0 Å². The molecule has 0 bridgehead atoms. The molecular weight excluding hydrogens is 136 g/mol. The lowest BCUT2D eigenvalue weighted by Crippen LogP contribution is -2.48. The third-order valence-electron chi connectivity index (χ3n) is 2.03. The quantitative estimate of drug-likeness (QED) is 0.648. The Morgan fingerprint density at radius 1 is 1.36 bits per heavy atom. The van der Waals surface area contributed by atoms with Crippen LogP contribution < -0.4 is 10.6 Å². The molecule has 0 aromatic rings. The van der Waals surface area contributed by atoms with E-state index in [4.69, 9.17) is 0 Å². The van der Waals surface area contributed by atoms with E-state index in [-0.39, 0.29) is 7.43 Å². The van der Waals surface area contributed by atoms with Gasteiger partial charge in [-0.1, -0.05) is 27.2 Å². The van der Waals surface area contributed by atoms with Gasteiger partial charge >= 0.3 is 0 Å². The molecule has 2 N–H and O–H groups in total. The molecule has 11 heavy (non-hydrogen) atoms. The van der Waals surface area contributed by atoms with Crippen molar-refractivity contribution >= 4 is 0 Å². The number of nitrogens with one attached hydrogen (secondary N) is 2. The van der Waals surface area contributed by atoms with Gasteiger partial charge < -0.3 is 10.6 Å². The number of rotatable bonds is 3. The molecule has 68 valence electrons. The van der Waals surface area contributed by atoms with E-state index in [0.717, 1.165) is 19.1 Å². The summed E-state index contributed by atoms with van der Waals surface area (Å²) in [5.41, 5.74) is 0. The molecule has 0 saturated carbocycles. The van der Waals surface area contributed by atoms with E-state index < -0.39 is 0 Å². The monoisotopic (exact) mass is 158 g/mol. The van der Waals surface area contributed by atoms with Crippen LogP contribution in [0.15, 0.2) is 0 Å². The third-order valence-corrected chi connectivity index (χ3v) is 2.03. The number of piperazine rings is 1. The highest BCUT2D eigenvalue weighted by atomic mass is 15.0. The minimum absolute atomic E-state index is 0. The van der Waals surface area contributed by atoms with Gasteiger partial charge in [0.25, 0.3) is 0 Å². The minimum atomic E-state index is 0. The fourth-order valence-electron chi connectivity index (χ4n) is 1.37. The Morgan fingerprint density at radius 3 is 2.73 bits per heavy atom. The van der Waals surface area contributed by atoms with E-state index >= 15 is 0 Å². The van der Waals surface area contributed by atoms with Crippen LogP contribution in [0.25, 0.3) is 0 Å². The van der Waals surface area contributed by atoms with Crippen molar-refractivity contribution in [3.05, 3.63) is 0 Å². The number of hydrogen-bond acceptors (Lipinski definition) is 2. The first kappa shape index (κ1) is 10.9. The Balaban J connectivity index is 0.000001000. The Bertz CT molecular complexity index is 77.6. The lowest BCUT2D eigenvalue weighted by Gasteiger charge is -2.24. The molecule has 0 aliphatic carbocycles.